The van der Waals surface area contributed by atoms with Crippen molar-refractivity contribution in [1.82, 2.24) is 4.90 Å². The molecule has 1 aromatic carbocycles. The average molecular weight is 334 g/mol. The summed E-state index contributed by atoms with van der Waals surface area (Å²) in [5.41, 5.74) is 1.31. The van der Waals surface area contributed by atoms with Crippen LogP contribution in [0.4, 0.5) is 5.69 Å². The van der Waals surface area contributed by atoms with Crippen LogP contribution >= 0.6 is 15.9 Å². The Hall–Kier alpha value is -1.05. The summed E-state index contributed by atoms with van der Waals surface area (Å²) < 4.78 is 1.18. The Morgan fingerprint density at radius 2 is 1.85 bits per heavy atom. The van der Waals surface area contributed by atoms with Crippen LogP contribution in [0.15, 0.2) is 28.7 Å². The highest BCUT2D eigenvalue weighted by molar-refractivity contribution is 9.10. The Morgan fingerprint density at radius 3 is 2.50 bits per heavy atom. The Bertz CT molecular complexity index is 503. The molecule has 0 aromatic heterocycles. The van der Waals surface area contributed by atoms with E-state index in [9.17, 15) is 0 Å². The van der Waals surface area contributed by atoms with Gasteiger partial charge in [-0.2, -0.15) is 5.26 Å². The molecule has 4 heteroatoms. The van der Waals surface area contributed by atoms with Gasteiger partial charge in [-0.05, 0) is 53.9 Å². The summed E-state index contributed by atoms with van der Waals surface area (Å²) in [7, 11) is 0. The van der Waals surface area contributed by atoms with E-state index in [0.29, 0.717) is 6.04 Å². The van der Waals surface area contributed by atoms with Crippen LogP contribution in [0.2, 0.25) is 0 Å². The molecule has 1 aromatic rings. The summed E-state index contributed by atoms with van der Waals surface area (Å²) in [6.07, 6.45) is 3.47. The number of nitriles is 1. The Balaban J connectivity index is 1.58. The van der Waals surface area contributed by atoms with Gasteiger partial charge in [0.2, 0.25) is 0 Å². The molecule has 1 unspecified atom stereocenters. The van der Waals surface area contributed by atoms with Crippen molar-refractivity contribution in [2.24, 2.45) is 5.92 Å². The quantitative estimate of drug-likeness (QED) is 0.832. The first-order chi connectivity index (χ1) is 9.78. The molecule has 106 valence electrons. The SMILES string of the molecule is N#CC1CCN(C2CCN(c3ccccc3Br)CC2)C1. The monoisotopic (exact) mass is 333 g/mol. The van der Waals surface area contributed by atoms with Crippen LogP contribution in [-0.2, 0) is 0 Å². The first-order valence-electron chi connectivity index (χ1n) is 7.41. The molecule has 0 radical (unpaired) electrons. The first kappa shape index (κ1) is 13.9. The zero-order chi connectivity index (χ0) is 13.9. The van der Waals surface area contributed by atoms with Crippen LogP contribution in [0.1, 0.15) is 19.3 Å². The van der Waals surface area contributed by atoms with E-state index >= 15 is 0 Å². The summed E-state index contributed by atoms with van der Waals surface area (Å²) in [6.45, 7) is 4.32. The van der Waals surface area contributed by atoms with Crippen LogP contribution in [0, 0.1) is 17.2 Å². The van der Waals surface area contributed by atoms with Crippen molar-refractivity contribution in [1.29, 1.82) is 5.26 Å². The molecule has 2 aliphatic rings. The predicted octanol–water partition coefficient (Wildman–Crippen LogP) is 3.26. The highest BCUT2D eigenvalue weighted by Crippen LogP contribution is 2.30. The molecule has 0 saturated carbocycles. The summed E-state index contributed by atoms with van der Waals surface area (Å²) >= 11 is 3.64. The van der Waals surface area contributed by atoms with E-state index in [4.69, 9.17) is 5.26 Å². The van der Waals surface area contributed by atoms with E-state index in [2.05, 4.69) is 56.1 Å². The highest BCUT2D eigenvalue weighted by Gasteiger charge is 2.30. The fraction of sp³-hybridized carbons (Fsp3) is 0.562. The zero-order valence-corrected chi connectivity index (χ0v) is 13.2. The Labute approximate surface area is 129 Å². The average Bonchev–Trinajstić information content (AvgIpc) is 2.97. The van der Waals surface area contributed by atoms with Gasteiger partial charge in [0.05, 0.1) is 17.7 Å². The lowest BCUT2D eigenvalue weighted by Crippen LogP contribution is -2.44. The molecular weight excluding hydrogens is 314 g/mol. The normalized spacial score (nSPS) is 24.8. The topological polar surface area (TPSA) is 30.3 Å². The third kappa shape index (κ3) is 2.84. The highest BCUT2D eigenvalue weighted by atomic mass is 79.9. The van der Waals surface area contributed by atoms with Crippen molar-refractivity contribution in [2.45, 2.75) is 25.3 Å². The fourth-order valence-corrected chi connectivity index (χ4v) is 3.94. The van der Waals surface area contributed by atoms with E-state index in [0.717, 1.165) is 32.6 Å². The van der Waals surface area contributed by atoms with E-state index in [1.807, 2.05) is 0 Å². The maximum atomic E-state index is 9.01. The smallest absolute Gasteiger partial charge is 0.0669 e. The van der Waals surface area contributed by atoms with Crippen molar-refractivity contribution < 1.29 is 0 Å². The number of hydrogen-bond donors (Lipinski definition) is 0. The second kappa shape index (κ2) is 6.15. The number of piperidine rings is 1. The largest absolute Gasteiger partial charge is 0.371 e. The second-order valence-corrected chi connectivity index (χ2v) is 6.63. The fourth-order valence-electron chi connectivity index (χ4n) is 3.40. The van der Waals surface area contributed by atoms with E-state index in [1.165, 1.54) is 23.0 Å². The third-order valence-corrected chi connectivity index (χ3v) is 5.25. The van der Waals surface area contributed by atoms with Gasteiger partial charge in [-0.15, -0.1) is 0 Å². The van der Waals surface area contributed by atoms with Crippen LogP contribution in [0.25, 0.3) is 0 Å². The second-order valence-electron chi connectivity index (χ2n) is 5.78. The molecule has 3 rings (SSSR count). The van der Waals surface area contributed by atoms with Gasteiger partial charge in [-0.1, -0.05) is 12.1 Å². The van der Waals surface area contributed by atoms with Crippen LogP contribution < -0.4 is 4.90 Å². The van der Waals surface area contributed by atoms with Crippen molar-refractivity contribution in [3.63, 3.8) is 0 Å². The number of benzene rings is 1. The van der Waals surface area contributed by atoms with Gasteiger partial charge in [0.1, 0.15) is 0 Å². The van der Waals surface area contributed by atoms with E-state index in [1.54, 1.807) is 0 Å². The molecule has 3 nitrogen and oxygen atoms in total. The molecular formula is C16H20BrN3. The summed E-state index contributed by atoms with van der Waals surface area (Å²) in [5, 5.41) is 9.01. The molecule has 0 N–H and O–H groups in total. The minimum Gasteiger partial charge on any atom is -0.371 e. The molecule has 1 atom stereocenters. The number of hydrogen-bond acceptors (Lipinski definition) is 3. The molecule has 2 fully saturated rings. The minimum atomic E-state index is 0.260. The predicted molar refractivity (Wildman–Crippen MR) is 84.7 cm³/mol. The van der Waals surface area contributed by atoms with E-state index in [-0.39, 0.29) is 5.92 Å². The van der Waals surface area contributed by atoms with Crippen LogP contribution in [0.3, 0.4) is 0 Å². The minimum absolute atomic E-state index is 0.260. The number of rotatable bonds is 2. The molecule has 20 heavy (non-hydrogen) atoms. The molecule has 0 bridgehead atoms. The van der Waals surface area contributed by atoms with Gasteiger partial charge in [-0.3, -0.25) is 4.90 Å². The standard InChI is InChI=1S/C16H20BrN3/c17-15-3-1-2-4-16(15)19-9-6-14(7-10-19)20-8-5-13(11-18)12-20/h1-4,13-14H,5-10,12H2. The lowest BCUT2D eigenvalue weighted by Gasteiger charge is -2.38. The number of anilines is 1. The Morgan fingerprint density at radius 1 is 1.10 bits per heavy atom. The lowest BCUT2D eigenvalue weighted by molar-refractivity contribution is 0.204. The van der Waals surface area contributed by atoms with Crippen molar-refractivity contribution >= 4 is 21.6 Å². The van der Waals surface area contributed by atoms with Crippen molar-refractivity contribution in [3.8, 4) is 6.07 Å². The van der Waals surface area contributed by atoms with Crippen molar-refractivity contribution in [3.05, 3.63) is 28.7 Å². The number of halogens is 1. The Kier molecular flexibility index (Phi) is 4.28. The maximum Gasteiger partial charge on any atom is 0.0669 e. The summed E-state index contributed by atoms with van der Waals surface area (Å²) in [5.74, 6) is 0.260. The van der Waals surface area contributed by atoms with Gasteiger partial charge in [0, 0.05) is 30.1 Å². The molecule has 2 saturated heterocycles. The third-order valence-electron chi connectivity index (χ3n) is 4.58. The zero-order valence-electron chi connectivity index (χ0n) is 11.6. The molecule has 2 heterocycles. The number of nitrogens with zero attached hydrogens (tertiary/aromatic N) is 3. The van der Waals surface area contributed by atoms with Gasteiger partial charge in [0.25, 0.3) is 0 Å². The van der Waals surface area contributed by atoms with Crippen LogP contribution in [0.5, 0.6) is 0 Å². The molecule has 0 amide bonds. The van der Waals surface area contributed by atoms with Gasteiger partial charge in [0.15, 0.2) is 0 Å². The van der Waals surface area contributed by atoms with E-state index < -0.39 is 0 Å². The van der Waals surface area contributed by atoms with Gasteiger partial charge < -0.3 is 4.90 Å². The molecule has 2 aliphatic heterocycles. The van der Waals surface area contributed by atoms with Crippen molar-refractivity contribution in [2.75, 3.05) is 31.1 Å². The van der Waals surface area contributed by atoms with Crippen LogP contribution in [-0.4, -0.2) is 37.1 Å². The molecule has 0 spiro atoms. The summed E-state index contributed by atoms with van der Waals surface area (Å²) in [6, 6.07) is 11.6. The first-order valence-corrected chi connectivity index (χ1v) is 8.20. The lowest BCUT2D eigenvalue weighted by atomic mass is 10.0. The molecule has 0 aliphatic carbocycles. The number of likely N-dealkylation sites (tertiary alicyclic amines) is 1. The number of para-hydroxylation sites is 1. The van der Waals surface area contributed by atoms with Gasteiger partial charge in [-0.25, -0.2) is 0 Å². The van der Waals surface area contributed by atoms with Gasteiger partial charge >= 0.3 is 0 Å². The maximum absolute atomic E-state index is 9.01. The summed E-state index contributed by atoms with van der Waals surface area (Å²) in [4.78, 5) is 5.00.